The summed E-state index contributed by atoms with van der Waals surface area (Å²) in [4.78, 5) is 10.5. The predicted octanol–water partition coefficient (Wildman–Crippen LogP) is 1.65. The largest absolute Gasteiger partial charge is 0.490 e. The zero-order valence-electron chi connectivity index (χ0n) is 11.9. The van der Waals surface area contributed by atoms with Crippen molar-refractivity contribution in [3.63, 3.8) is 0 Å². The quantitative estimate of drug-likeness (QED) is 0.640. The van der Waals surface area contributed by atoms with Crippen LogP contribution in [0.4, 0.5) is 5.69 Å². The molecule has 2 N–H and O–H groups in total. The van der Waals surface area contributed by atoms with Crippen LogP contribution < -0.4 is 10.5 Å². The molecule has 1 aromatic carbocycles. The number of rotatable bonds is 6. The molecule has 0 aliphatic heterocycles. The van der Waals surface area contributed by atoms with Crippen molar-refractivity contribution in [1.82, 2.24) is 15.0 Å². The van der Waals surface area contributed by atoms with Gasteiger partial charge in [-0.15, -0.1) is 5.10 Å². The first-order valence-electron chi connectivity index (χ1n) is 6.52. The molecule has 112 valence electrons. The van der Waals surface area contributed by atoms with Crippen LogP contribution in [0.5, 0.6) is 5.75 Å². The molecule has 0 spiro atoms. The Hall–Kier alpha value is -2.48. The van der Waals surface area contributed by atoms with Crippen molar-refractivity contribution in [2.45, 2.75) is 25.9 Å². The number of methoxy groups -OCH3 is 1. The molecule has 0 amide bonds. The average Bonchev–Trinajstić information content (AvgIpc) is 2.94. The third-order valence-corrected chi connectivity index (χ3v) is 3.16. The lowest BCUT2D eigenvalue weighted by Crippen LogP contribution is -2.08. The van der Waals surface area contributed by atoms with Crippen molar-refractivity contribution in [3.05, 3.63) is 45.8 Å². The zero-order chi connectivity index (χ0) is 15.4. The van der Waals surface area contributed by atoms with Gasteiger partial charge in [0.05, 0.1) is 36.5 Å². The van der Waals surface area contributed by atoms with Gasteiger partial charge >= 0.3 is 5.69 Å². The first-order chi connectivity index (χ1) is 10.0. The van der Waals surface area contributed by atoms with Crippen LogP contribution in [0.15, 0.2) is 24.4 Å². The minimum Gasteiger partial charge on any atom is -0.490 e. The molecule has 0 aliphatic carbocycles. The topological polar surface area (TPSA) is 109 Å². The van der Waals surface area contributed by atoms with E-state index in [2.05, 4.69) is 10.3 Å². The van der Waals surface area contributed by atoms with Crippen molar-refractivity contribution >= 4 is 5.69 Å². The Bertz CT molecular complexity index is 640. The number of hydrogen-bond acceptors (Lipinski definition) is 6. The molecule has 8 nitrogen and oxygen atoms in total. The highest BCUT2D eigenvalue weighted by atomic mass is 16.6. The second kappa shape index (κ2) is 6.31. The van der Waals surface area contributed by atoms with Gasteiger partial charge in [-0.2, -0.15) is 0 Å². The van der Waals surface area contributed by atoms with Gasteiger partial charge in [-0.1, -0.05) is 18.2 Å². The fourth-order valence-electron chi connectivity index (χ4n) is 1.93. The smallest absolute Gasteiger partial charge is 0.311 e. The Morgan fingerprint density at radius 2 is 2.29 bits per heavy atom. The number of aromatic nitrogens is 3. The predicted molar refractivity (Wildman–Crippen MR) is 76.0 cm³/mol. The van der Waals surface area contributed by atoms with Gasteiger partial charge in [0.2, 0.25) is 0 Å². The summed E-state index contributed by atoms with van der Waals surface area (Å²) in [7, 11) is 1.40. The van der Waals surface area contributed by atoms with Crippen LogP contribution >= 0.6 is 0 Å². The number of ether oxygens (including phenoxy) is 1. The minimum atomic E-state index is -0.470. The maximum atomic E-state index is 11.0. The lowest BCUT2D eigenvalue weighted by atomic mass is 10.2. The summed E-state index contributed by atoms with van der Waals surface area (Å²) in [5.41, 5.74) is 7.26. The number of nitrogens with two attached hydrogens (primary N) is 1. The van der Waals surface area contributed by atoms with E-state index in [0.717, 1.165) is 12.0 Å². The van der Waals surface area contributed by atoms with Gasteiger partial charge < -0.3 is 10.5 Å². The molecular formula is C13H17N5O3. The summed E-state index contributed by atoms with van der Waals surface area (Å²) in [6.07, 6.45) is 2.52. The molecule has 2 aromatic rings. The Labute approximate surface area is 121 Å². The number of hydrogen-bond donors (Lipinski definition) is 1. The highest BCUT2D eigenvalue weighted by Gasteiger charge is 2.16. The molecule has 1 heterocycles. The molecule has 0 aliphatic rings. The summed E-state index contributed by atoms with van der Waals surface area (Å²) < 4.78 is 6.58. The van der Waals surface area contributed by atoms with Crippen molar-refractivity contribution in [2.75, 3.05) is 7.11 Å². The molecule has 8 heteroatoms. The highest BCUT2D eigenvalue weighted by molar-refractivity contribution is 5.48. The summed E-state index contributed by atoms with van der Waals surface area (Å²) in [6.45, 7) is 2.35. The van der Waals surface area contributed by atoms with E-state index in [-0.39, 0.29) is 17.5 Å². The molecule has 0 bridgehead atoms. The SMILES string of the molecule is CCC(N)c1cn(Cc2ccc(OC)c([N+](=O)[O-])c2)nn1. The van der Waals surface area contributed by atoms with Gasteiger partial charge in [0, 0.05) is 6.07 Å². The Balaban J connectivity index is 2.21. The standard InChI is InChI=1S/C13H17N5O3/c1-3-10(14)11-8-17(16-15-11)7-9-4-5-13(21-2)12(6-9)18(19)20/h4-6,8,10H,3,7,14H2,1-2H3. The Morgan fingerprint density at radius 3 is 2.90 bits per heavy atom. The van der Waals surface area contributed by atoms with Crippen LogP contribution in [0, 0.1) is 10.1 Å². The molecule has 0 radical (unpaired) electrons. The summed E-state index contributed by atoms with van der Waals surface area (Å²) in [5, 5.41) is 19.0. The number of nitro groups is 1. The van der Waals surface area contributed by atoms with Crippen LogP contribution in [0.2, 0.25) is 0 Å². The molecule has 2 rings (SSSR count). The third-order valence-electron chi connectivity index (χ3n) is 3.16. The third kappa shape index (κ3) is 3.34. The number of nitro benzene ring substituents is 1. The van der Waals surface area contributed by atoms with Crippen LogP contribution in [-0.4, -0.2) is 27.0 Å². The van der Waals surface area contributed by atoms with E-state index in [9.17, 15) is 10.1 Å². The molecule has 1 unspecified atom stereocenters. The fourth-order valence-corrected chi connectivity index (χ4v) is 1.93. The molecule has 1 aromatic heterocycles. The lowest BCUT2D eigenvalue weighted by Gasteiger charge is -2.05. The molecule has 0 fully saturated rings. The van der Waals surface area contributed by atoms with Crippen molar-refractivity contribution < 1.29 is 9.66 Å². The van der Waals surface area contributed by atoms with Gasteiger partial charge in [0.1, 0.15) is 0 Å². The Kier molecular flexibility index (Phi) is 4.49. The average molecular weight is 291 g/mol. The molecule has 0 saturated heterocycles. The molecule has 21 heavy (non-hydrogen) atoms. The zero-order valence-corrected chi connectivity index (χ0v) is 11.9. The van der Waals surface area contributed by atoms with Gasteiger partial charge in [-0.3, -0.25) is 10.1 Å². The van der Waals surface area contributed by atoms with Crippen LogP contribution in [0.3, 0.4) is 0 Å². The minimum absolute atomic E-state index is 0.0689. The van der Waals surface area contributed by atoms with Gasteiger partial charge in [-0.05, 0) is 18.1 Å². The van der Waals surface area contributed by atoms with E-state index >= 15 is 0 Å². The molecule has 0 saturated carbocycles. The highest BCUT2D eigenvalue weighted by Crippen LogP contribution is 2.27. The van der Waals surface area contributed by atoms with Crippen LogP contribution in [0.25, 0.3) is 0 Å². The van der Waals surface area contributed by atoms with E-state index < -0.39 is 4.92 Å². The maximum Gasteiger partial charge on any atom is 0.311 e. The van der Waals surface area contributed by atoms with Gasteiger partial charge in [0.25, 0.3) is 0 Å². The molecular weight excluding hydrogens is 274 g/mol. The first-order valence-corrected chi connectivity index (χ1v) is 6.52. The van der Waals surface area contributed by atoms with Crippen molar-refractivity contribution in [1.29, 1.82) is 0 Å². The van der Waals surface area contributed by atoms with E-state index in [1.165, 1.54) is 13.2 Å². The van der Waals surface area contributed by atoms with E-state index in [4.69, 9.17) is 10.5 Å². The first kappa shape index (κ1) is 14.9. The second-order valence-corrected chi connectivity index (χ2v) is 4.62. The fraction of sp³-hybridized carbons (Fsp3) is 0.385. The van der Waals surface area contributed by atoms with E-state index in [0.29, 0.717) is 12.2 Å². The Morgan fingerprint density at radius 1 is 1.52 bits per heavy atom. The molecule has 1 atom stereocenters. The second-order valence-electron chi connectivity index (χ2n) is 4.62. The number of benzene rings is 1. The summed E-state index contributed by atoms with van der Waals surface area (Å²) in [6, 6.07) is 4.65. The van der Waals surface area contributed by atoms with E-state index in [1.807, 2.05) is 6.92 Å². The van der Waals surface area contributed by atoms with Crippen molar-refractivity contribution in [3.8, 4) is 5.75 Å². The van der Waals surface area contributed by atoms with Crippen molar-refractivity contribution in [2.24, 2.45) is 5.73 Å². The van der Waals surface area contributed by atoms with Gasteiger partial charge in [0.15, 0.2) is 5.75 Å². The summed E-state index contributed by atoms with van der Waals surface area (Å²) >= 11 is 0. The summed E-state index contributed by atoms with van der Waals surface area (Å²) in [5.74, 6) is 0.232. The van der Waals surface area contributed by atoms with Crippen LogP contribution in [-0.2, 0) is 6.54 Å². The van der Waals surface area contributed by atoms with Crippen LogP contribution in [0.1, 0.15) is 30.6 Å². The van der Waals surface area contributed by atoms with E-state index in [1.54, 1.807) is 23.0 Å². The van der Waals surface area contributed by atoms with Gasteiger partial charge in [-0.25, -0.2) is 4.68 Å². The lowest BCUT2D eigenvalue weighted by molar-refractivity contribution is -0.385. The number of nitrogens with zero attached hydrogens (tertiary/aromatic N) is 4. The monoisotopic (exact) mass is 291 g/mol. The maximum absolute atomic E-state index is 11.0. The normalized spacial score (nSPS) is 12.1.